The van der Waals surface area contributed by atoms with Gasteiger partial charge in [0, 0.05) is 25.6 Å². The number of anilines is 1. The first-order valence-electron chi connectivity index (χ1n) is 12.9. The number of rotatable bonds is 12. The van der Waals surface area contributed by atoms with Gasteiger partial charge in [0.15, 0.2) is 0 Å². The lowest BCUT2D eigenvalue weighted by Gasteiger charge is -2.31. The maximum absolute atomic E-state index is 13.3. The number of benzene rings is 2. The molecule has 1 aliphatic carbocycles. The fourth-order valence-corrected chi connectivity index (χ4v) is 5.70. The fraction of sp³-hybridized carbons (Fsp3) is 0.500. The van der Waals surface area contributed by atoms with Crippen LogP contribution in [0.15, 0.2) is 60.7 Å². The van der Waals surface area contributed by atoms with Crippen molar-refractivity contribution in [1.29, 1.82) is 0 Å². The lowest BCUT2D eigenvalue weighted by Crippen LogP contribution is -2.51. The van der Waals surface area contributed by atoms with Crippen molar-refractivity contribution in [3.05, 3.63) is 66.2 Å². The molecule has 1 atom stereocenters. The quantitative estimate of drug-likeness (QED) is 0.462. The molecule has 2 amide bonds. The Morgan fingerprint density at radius 1 is 0.944 bits per heavy atom. The maximum Gasteiger partial charge on any atom is 0.242 e. The van der Waals surface area contributed by atoms with Crippen molar-refractivity contribution < 1.29 is 18.0 Å². The Morgan fingerprint density at radius 3 is 2.17 bits per heavy atom. The van der Waals surface area contributed by atoms with Gasteiger partial charge in [-0.25, -0.2) is 8.42 Å². The van der Waals surface area contributed by atoms with Gasteiger partial charge in [0.1, 0.15) is 6.04 Å². The maximum atomic E-state index is 13.3. The molecule has 2 aromatic rings. The highest BCUT2D eigenvalue weighted by atomic mass is 32.2. The van der Waals surface area contributed by atoms with Crippen LogP contribution < -0.4 is 9.62 Å². The lowest BCUT2D eigenvalue weighted by molar-refractivity contribution is -0.140. The molecule has 0 radical (unpaired) electrons. The van der Waals surface area contributed by atoms with E-state index < -0.39 is 16.1 Å². The molecule has 3 rings (SSSR count). The molecule has 0 heterocycles. The van der Waals surface area contributed by atoms with E-state index in [2.05, 4.69) is 5.32 Å². The zero-order valence-corrected chi connectivity index (χ0v) is 22.3. The third kappa shape index (κ3) is 8.36. The molecule has 8 heteroatoms. The van der Waals surface area contributed by atoms with Crippen LogP contribution in [0.2, 0.25) is 0 Å². The van der Waals surface area contributed by atoms with E-state index in [0.29, 0.717) is 25.1 Å². The molecule has 1 fully saturated rings. The predicted molar refractivity (Wildman–Crippen MR) is 144 cm³/mol. The van der Waals surface area contributed by atoms with Gasteiger partial charge in [-0.3, -0.25) is 13.9 Å². The lowest BCUT2D eigenvalue weighted by atomic mass is 9.95. The molecule has 0 saturated heterocycles. The molecule has 0 aromatic heterocycles. The Kier molecular flexibility index (Phi) is 10.3. The summed E-state index contributed by atoms with van der Waals surface area (Å²) in [5, 5.41) is 3.15. The van der Waals surface area contributed by atoms with Gasteiger partial charge >= 0.3 is 0 Å². The minimum atomic E-state index is -3.48. The van der Waals surface area contributed by atoms with Crippen LogP contribution in [-0.4, -0.2) is 56.6 Å². The van der Waals surface area contributed by atoms with Crippen molar-refractivity contribution in [1.82, 2.24) is 10.2 Å². The van der Waals surface area contributed by atoms with E-state index in [0.717, 1.165) is 31.2 Å². The Balaban J connectivity index is 1.65. The second-order valence-electron chi connectivity index (χ2n) is 9.62. The summed E-state index contributed by atoms with van der Waals surface area (Å²) in [6, 6.07) is 18.4. The van der Waals surface area contributed by atoms with Crippen molar-refractivity contribution in [3.63, 3.8) is 0 Å². The first-order valence-corrected chi connectivity index (χ1v) is 14.8. The van der Waals surface area contributed by atoms with Crippen molar-refractivity contribution in [2.24, 2.45) is 0 Å². The average Bonchev–Trinajstić information content (AvgIpc) is 2.87. The van der Waals surface area contributed by atoms with Crippen molar-refractivity contribution in [2.45, 2.75) is 70.4 Å². The summed E-state index contributed by atoms with van der Waals surface area (Å²) in [5.74, 6) is -0.260. The minimum Gasteiger partial charge on any atom is -0.352 e. The van der Waals surface area contributed by atoms with Crippen LogP contribution in [-0.2, 0) is 26.0 Å². The smallest absolute Gasteiger partial charge is 0.242 e. The summed E-state index contributed by atoms with van der Waals surface area (Å²) in [4.78, 5) is 28.1. The SMILES string of the molecule is C[C@@H](C(=O)NC1CCCCC1)N(CCc1ccccc1)C(=O)CCCN(c1ccccc1)S(C)(=O)=O. The van der Waals surface area contributed by atoms with Gasteiger partial charge in [0.25, 0.3) is 0 Å². The third-order valence-electron chi connectivity index (χ3n) is 6.80. The zero-order chi connectivity index (χ0) is 26.0. The number of carbonyl (C=O) groups is 2. The number of sulfonamides is 1. The summed E-state index contributed by atoms with van der Waals surface area (Å²) in [7, 11) is -3.48. The summed E-state index contributed by atoms with van der Waals surface area (Å²) >= 11 is 0. The van der Waals surface area contributed by atoms with Crippen LogP contribution in [0.1, 0.15) is 57.4 Å². The van der Waals surface area contributed by atoms with Crippen molar-refractivity contribution in [2.75, 3.05) is 23.7 Å². The standard InChI is InChI=1S/C28H39N3O4S/c1-23(28(33)29-25-15-8-4-9-16-25)30(22-20-24-13-6-3-7-14-24)27(32)19-12-21-31(36(2,34)35)26-17-10-5-11-18-26/h3,5-7,10-11,13-14,17-18,23,25H,4,8-9,12,15-16,19-22H2,1-2H3,(H,29,33)/t23-/m0/s1. The molecule has 1 saturated carbocycles. The number of hydrogen-bond donors (Lipinski definition) is 1. The first kappa shape index (κ1) is 27.7. The molecule has 0 bridgehead atoms. The third-order valence-corrected chi connectivity index (χ3v) is 7.99. The first-order chi connectivity index (χ1) is 17.3. The minimum absolute atomic E-state index is 0.120. The average molecular weight is 514 g/mol. The summed E-state index contributed by atoms with van der Waals surface area (Å²) in [6.45, 7) is 2.41. The van der Waals surface area contributed by atoms with Gasteiger partial charge in [0.05, 0.1) is 11.9 Å². The largest absolute Gasteiger partial charge is 0.352 e. The summed E-state index contributed by atoms with van der Waals surface area (Å²) in [5.41, 5.74) is 1.68. The second-order valence-corrected chi connectivity index (χ2v) is 11.5. The van der Waals surface area contributed by atoms with E-state index in [1.54, 1.807) is 36.1 Å². The number of hydrogen-bond acceptors (Lipinski definition) is 4. The molecule has 2 aromatic carbocycles. The van der Waals surface area contributed by atoms with E-state index in [1.807, 2.05) is 36.4 Å². The highest BCUT2D eigenvalue weighted by Gasteiger charge is 2.28. The molecular weight excluding hydrogens is 474 g/mol. The molecule has 36 heavy (non-hydrogen) atoms. The van der Waals surface area contributed by atoms with E-state index in [-0.39, 0.29) is 30.8 Å². The van der Waals surface area contributed by atoms with Crippen LogP contribution in [0, 0.1) is 0 Å². The number of nitrogens with zero attached hydrogens (tertiary/aromatic N) is 2. The molecule has 7 nitrogen and oxygen atoms in total. The van der Waals surface area contributed by atoms with Gasteiger partial charge < -0.3 is 10.2 Å². The number of carbonyl (C=O) groups excluding carboxylic acids is 2. The van der Waals surface area contributed by atoms with Gasteiger partial charge in [-0.15, -0.1) is 0 Å². The molecule has 1 N–H and O–H groups in total. The van der Waals surface area contributed by atoms with E-state index >= 15 is 0 Å². The Labute approximate surface area is 215 Å². The molecule has 1 aliphatic rings. The summed E-state index contributed by atoms with van der Waals surface area (Å²) < 4.78 is 26.1. The monoisotopic (exact) mass is 513 g/mol. The molecule has 0 spiro atoms. The van der Waals surface area contributed by atoms with E-state index in [9.17, 15) is 18.0 Å². The normalized spacial score (nSPS) is 15.2. The number of nitrogens with one attached hydrogen (secondary N) is 1. The molecule has 0 unspecified atom stereocenters. The fourth-order valence-electron chi connectivity index (χ4n) is 4.74. The van der Waals surface area contributed by atoms with Crippen LogP contribution in [0.5, 0.6) is 0 Å². The molecular formula is C28H39N3O4S. The van der Waals surface area contributed by atoms with E-state index in [4.69, 9.17) is 0 Å². The molecule has 196 valence electrons. The predicted octanol–water partition coefficient (Wildman–Crippen LogP) is 4.14. The Bertz CT molecular complexity index is 1070. The Morgan fingerprint density at radius 2 is 1.56 bits per heavy atom. The zero-order valence-electron chi connectivity index (χ0n) is 21.4. The van der Waals surface area contributed by atoms with Gasteiger partial charge in [0.2, 0.25) is 21.8 Å². The topological polar surface area (TPSA) is 86.8 Å². The highest BCUT2D eigenvalue weighted by Crippen LogP contribution is 2.19. The van der Waals surface area contributed by atoms with Gasteiger partial charge in [-0.1, -0.05) is 67.8 Å². The van der Waals surface area contributed by atoms with Crippen LogP contribution in [0.25, 0.3) is 0 Å². The van der Waals surface area contributed by atoms with Crippen molar-refractivity contribution >= 4 is 27.5 Å². The summed E-state index contributed by atoms with van der Waals surface area (Å²) in [6.07, 6.45) is 7.75. The number of amides is 2. The van der Waals surface area contributed by atoms with Gasteiger partial charge in [-0.2, -0.15) is 0 Å². The molecule has 0 aliphatic heterocycles. The van der Waals surface area contributed by atoms with Gasteiger partial charge in [-0.05, 0) is 50.3 Å². The van der Waals surface area contributed by atoms with Crippen LogP contribution in [0.3, 0.4) is 0 Å². The second kappa shape index (κ2) is 13.4. The van der Waals surface area contributed by atoms with Crippen LogP contribution >= 0.6 is 0 Å². The van der Waals surface area contributed by atoms with Crippen molar-refractivity contribution in [3.8, 4) is 0 Å². The highest BCUT2D eigenvalue weighted by molar-refractivity contribution is 7.92. The number of para-hydroxylation sites is 1. The van der Waals surface area contributed by atoms with E-state index in [1.165, 1.54) is 17.0 Å². The Hall–Kier alpha value is -2.87. The van der Waals surface area contributed by atoms with Crippen LogP contribution in [0.4, 0.5) is 5.69 Å².